The van der Waals surface area contributed by atoms with E-state index in [4.69, 9.17) is 5.41 Å². The van der Waals surface area contributed by atoms with E-state index in [9.17, 15) is 0 Å². The van der Waals surface area contributed by atoms with Gasteiger partial charge >= 0.3 is 0 Å². The lowest BCUT2D eigenvalue weighted by molar-refractivity contribution is 0.805. The van der Waals surface area contributed by atoms with E-state index < -0.39 is 0 Å². The fourth-order valence-electron chi connectivity index (χ4n) is 0.684. The Bertz CT molecular complexity index is 66.5. The van der Waals surface area contributed by atoms with Crippen molar-refractivity contribution in [2.75, 3.05) is 11.5 Å². The van der Waals surface area contributed by atoms with Gasteiger partial charge < -0.3 is 5.41 Å². The first-order chi connectivity index (χ1) is 3.43. The standard InChI is InChI=1S/C5H9NS/c6-3-5-1-2-7-4-5/h3,5-6H,1-2,4H2. The Labute approximate surface area is 48.0 Å². The molecule has 1 aliphatic rings. The van der Waals surface area contributed by atoms with Gasteiger partial charge in [-0.3, -0.25) is 0 Å². The Morgan fingerprint density at radius 3 is 2.86 bits per heavy atom. The molecular formula is C5H9NS. The van der Waals surface area contributed by atoms with Gasteiger partial charge in [0.2, 0.25) is 0 Å². The molecule has 1 atom stereocenters. The highest BCUT2D eigenvalue weighted by Gasteiger charge is 2.10. The van der Waals surface area contributed by atoms with E-state index in [1.54, 1.807) is 6.21 Å². The summed E-state index contributed by atoms with van der Waals surface area (Å²) in [5.74, 6) is 3.05. The van der Waals surface area contributed by atoms with Crippen LogP contribution >= 0.6 is 11.8 Å². The van der Waals surface area contributed by atoms with Crippen molar-refractivity contribution < 1.29 is 0 Å². The van der Waals surface area contributed by atoms with Crippen molar-refractivity contribution in [1.29, 1.82) is 5.41 Å². The van der Waals surface area contributed by atoms with E-state index in [-0.39, 0.29) is 0 Å². The molecule has 40 valence electrons. The van der Waals surface area contributed by atoms with Crippen LogP contribution in [-0.2, 0) is 0 Å². The van der Waals surface area contributed by atoms with Crippen molar-refractivity contribution in [2.24, 2.45) is 5.92 Å². The van der Waals surface area contributed by atoms with Gasteiger partial charge in [-0.25, -0.2) is 0 Å². The molecule has 2 heteroatoms. The van der Waals surface area contributed by atoms with Crippen LogP contribution in [0.2, 0.25) is 0 Å². The highest BCUT2D eigenvalue weighted by atomic mass is 32.2. The normalized spacial score (nSPS) is 30.6. The van der Waals surface area contributed by atoms with Crippen molar-refractivity contribution in [3.8, 4) is 0 Å². The summed E-state index contributed by atoms with van der Waals surface area (Å²) in [4.78, 5) is 0. The molecule has 0 spiro atoms. The summed E-state index contributed by atoms with van der Waals surface area (Å²) in [6.07, 6.45) is 2.80. The van der Waals surface area contributed by atoms with Gasteiger partial charge in [-0.15, -0.1) is 0 Å². The van der Waals surface area contributed by atoms with Crippen LogP contribution in [0.15, 0.2) is 0 Å². The van der Waals surface area contributed by atoms with Gasteiger partial charge in [0.05, 0.1) is 0 Å². The van der Waals surface area contributed by atoms with E-state index in [1.807, 2.05) is 11.8 Å². The monoisotopic (exact) mass is 115 g/mol. The fraction of sp³-hybridized carbons (Fsp3) is 0.800. The number of thioether (sulfide) groups is 1. The van der Waals surface area contributed by atoms with Crippen molar-refractivity contribution in [1.82, 2.24) is 0 Å². The highest BCUT2D eigenvalue weighted by molar-refractivity contribution is 7.99. The third kappa shape index (κ3) is 1.20. The highest BCUT2D eigenvalue weighted by Crippen LogP contribution is 2.20. The first-order valence-electron chi connectivity index (χ1n) is 2.52. The third-order valence-electron chi connectivity index (χ3n) is 1.20. The van der Waals surface area contributed by atoms with Crippen LogP contribution in [-0.4, -0.2) is 17.7 Å². The molecule has 1 saturated heterocycles. The molecule has 0 aromatic rings. The number of hydrogen-bond acceptors (Lipinski definition) is 2. The lowest BCUT2D eigenvalue weighted by atomic mass is 10.1. The molecule has 0 aromatic carbocycles. The van der Waals surface area contributed by atoms with Crippen LogP contribution in [0, 0.1) is 11.3 Å². The number of hydrogen-bond donors (Lipinski definition) is 1. The molecule has 7 heavy (non-hydrogen) atoms. The van der Waals surface area contributed by atoms with E-state index in [0.29, 0.717) is 5.92 Å². The summed E-state index contributed by atoms with van der Waals surface area (Å²) in [6.45, 7) is 0. The summed E-state index contributed by atoms with van der Waals surface area (Å²) in [5, 5.41) is 6.86. The van der Waals surface area contributed by atoms with Gasteiger partial charge in [0.25, 0.3) is 0 Å². The molecule has 0 aromatic heterocycles. The quantitative estimate of drug-likeness (QED) is 0.513. The Balaban J connectivity index is 2.26. The molecular weight excluding hydrogens is 106 g/mol. The van der Waals surface area contributed by atoms with E-state index in [2.05, 4.69) is 0 Å². The van der Waals surface area contributed by atoms with Crippen LogP contribution in [0.3, 0.4) is 0 Å². The van der Waals surface area contributed by atoms with Gasteiger partial charge in [0.1, 0.15) is 0 Å². The summed E-state index contributed by atoms with van der Waals surface area (Å²) in [6, 6.07) is 0. The van der Waals surface area contributed by atoms with E-state index in [1.165, 1.54) is 17.9 Å². The predicted octanol–water partition coefficient (Wildman–Crippen LogP) is 1.39. The maximum atomic E-state index is 6.86. The van der Waals surface area contributed by atoms with Crippen LogP contribution in [0.4, 0.5) is 0 Å². The second-order valence-electron chi connectivity index (χ2n) is 1.79. The molecule has 1 heterocycles. The summed E-state index contributed by atoms with van der Waals surface area (Å²) in [5.41, 5.74) is 0. The molecule has 0 aliphatic carbocycles. The minimum absolute atomic E-state index is 0.602. The Kier molecular flexibility index (Phi) is 1.74. The van der Waals surface area contributed by atoms with Crippen molar-refractivity contribution in [3.05, 3.63) is 0 Å². The van der Waals surface area contributed by atoms with Gasteiger partial charge in [-0.05, 0) is 18.4 Å². The average molecular weight is 115 g/mol. The number of nitrogens with one attached hydrogen (secondary N) is 1. The van der Waals surface area contributed by atoms with Gasteiger partial charge in [-0.2, -0.15) is 11.8 Å². The minimum atomic E-state index is 0.602. The smallest absolute Gasteiger partial charge is 0.00337 e. The largest absolute Gasteiger partial charge is 0.313 e. The lowest BCUT2D eigenvalue weighted by Gasteiger charge is -1.91. The summed E-state index contributed by atoms with van der Waals surface area (Å²) >= 11 is 1.96. The molecule has 1 fully saturated rings. The Morgan fingerprint density at radius 1 is 1.71 bits per heavy atom. The SMILES string of the molecule is N=CC1CCSC1. The molecule has 0 amide bonds. The van der Waals surface area contributed by atoms with Crippen LogP contribution < -0.4 is 0 Å². The molecule has 1 nitrogen and oxygen atoms in total. The second kappa shape index (κ2) is 2.36. The maximum Gasteiger partial charge on any atom is 0.00337 e. The van der Waals surface area contributed by atoms with E-state index in [0.717, 1.165) is 0 Å². The molecule has 1 aliphatic heterocycles. The zero-order valence-corrected chi connectivity index (χ0v) is 5.00. The maximum absolute atomic E-state index is 6.86. The zero-order chi connectivity index (χ0) is 5.11. The summed E-state index contributed by atoms with van der Waals surface area (Å²) < 4.78 is 0. The molecule has 1 N–H and O–H groups in total. The molecule has 0 bridgehead atoms. The molecule has 0 radical (unpaired) electrons. The third-order valence-corrected chi connectivity index (χ3v) is 2.39. The van der Waals surface area contributed by atoms with Gasteiger partial charge in [0, 0.05) is 11.7 Å². The first-order valence-corrected chi connectivity index (χ1v) is 3.67. The number of rotatable bonds is 1. The molecule has 1 unspecified atom stereocenters. The van der Waals surface area contributed by atoms with Crippen LogP contribution in [0.1, 0.15) is 6.42 Å². The van der Waals surface area contributed by atoms with Crippen LogP contribution in [0.5, 0.6) is 0 Å². The Morgan fingerprint density at radius 2 is 2.57 bits per heavy atom. The van der Waals surface area contributed by atoms with Crippen molar-refractivity contribution >= 4 is 18.0 Å². The van der Waals surface area contributed by atoms with E-state index >= 15 is 0 Å². The lowest BCUT2D eigenvalue weighted by Crippen LogP contribution is -1.95. The van der Waals surface area contributed by atoms with Crippen molar-refractivity contribution in [3.63, 3.8) is 0 Å². The topological polar surface area (TPSA) is 23.9 Å². The van der Waals surface area contributed by atoms with Gasteiger partial charge in [0.15, 0.2) is 0 Å². The summed E-state index contributed by atoms with van der Waals surface area (Å²) in [7, 11) is 0. The van der Waals surface area contributed by atoms with Crippen LogP contribution in [0.25, 0.3) is 0 Å². The first kappa shape index (κ1) is 5.16. The molecule has 0 saturated carbocycles. The average Bonchev–Trinajstić information content (AvgIpc) is 2.14. The van der Waals surface area contributed by atoms with Crippen molar-refractivity contribution in [2.45, 2.75) is 6.42 Å². The zero-order valence-electron chi connectivity index (χ0n) is 4.18. The second-order valence-corrected chi connectivity index (χ2v) is 2.94. The van der Waals surface area contributed by atoms with Gasteiger partial charge in [-0.1, -0.05) is 0 Å². The predicted molar refractivity (Wildman–Crippen MR) is 34.2 cm³/mol. The Hall–Kier alpha value is 0.0200. The molecule has 1 rings (SSSR count). The fourth-order valence-corrected chi connectivity index (χ4v) is 1.89. The minimum Gasteiger partial charge on any atom is -0.313 e.